The van der Waals surface area contributed by atoms with Gasteiger partial charge in [0.1, 0.15) is 0 Å². The number of carboxylic acid groups (broad SMARTS) is 1. The zero-order valence-corrected chi connectivity index (χ0v) is 14.0. The normalized spacial score (nSPS) is 15.6. The molecule has 3 aromatic rings. The highest BCUT2D eigenvalue weighted by atomic mass is 32.1. The van der Waals surface area contributed by atoms with E-state index in [0.29, 0.717) is 41.7 Å². The van der Waals surface area contributed by atoms with Crippen molar-refractivity contribution in [3.8, 4) is 11.3 Å². The molecule has 0 aliphatic carbocycles. The number of carbonyl (C=O) groups is 1. The number of aromatic nitrogens is 4. The van der Waals surface area contributed by atoms with Gasteiger partial charge in [0.25, 0.3) is 5.56 Å². The third-order valence-corrected chi connectivity index (χ3v) is 5.29. The molecule has 1 fully saturated rings. The number of piperidine rings is 1. The molecule has 0 bridgehead atoms. The second-order valence-corrected chi connectivity index (χ2v) is 6.83. The molecule has 8 nitrogen and oxygen atoms in total. The summed E-state index contributed by atoms with van der Waals surface area (Å²) in [5.41, 5.74) is 1.18. The van der Waals surface area contributed by atoms with Gasteiger partial charge in [-0.3, -0.25) is 14.6 Å². The Morgan fingerprint density at radius 2 is 1.96 bits per heavy atom. The van der Waals surface area contributed by atoms with E-state index in [1.807, 2.05) is 4.90 Å². The number of pyridine rings is 1. The van der Waals surface area contributed by atoms with Crippen molar-refractivity contribution in [3.05, 3.63) is 40.9 Å². The third-order valence-electron chi connectivity index (χ3n) is 4.33. The first kappa shape index (κ1) is 15.7. The van der Waals surface area contributed by atoms with Gasteiger partial charge in [-0.2, -0.15) is 4.52 Å². The monoisotopic (exact) mass is 357 g/mol. The van der Waals surface area contributed by atoms with E-state index in [2.05, 4.69) is 15.1 Å². The number of rotatable bonds is 3. The van der Waals surface area contributed by atoms with Gasteiger partial charge >= 0.3 is 5.97 Å². The van der Waals surface area contributed by atoms with E-state index >= 15 is 0 Å². The first-order valence-corrected chi connectivity index (χ1v) is 8.72. The van der Waals surface area contributed by atoms with Crippen molar-refractivity contribution >= 4 is 27.4 Å². The van der Waals surface area contributed by atoms with Crippen LogP contribution in [0.3, 0.4) is 0 Å². The van der Waals surface area contributed by atoms with Gasteiger partial charge in [0.05, 0.1) is 11.6 Å². The number of aliphatic carboxylic acids is 1. The van der Waals surface area contributed by atoms with Crippen molar-refractivity contribution in [3.63, 3.8) is 0 Å². The van der Waals surface area contributed by atoms with Gasteiger partial charge in [0.15, 0.2) is 0 Å². The molecule has 1 aliphatic heterocycles. The molecule has 0 amide bonds. The molecular formula is C16H15N5O3S. The summed E-state index contributed by atoms with van der Waals surface area (Å²) in [5, 5.41) is 14.2. The Morgan fingerprint density at radius 3 is 2.64 bits per heavy atom. The minimum atomic E-state index is -0.746. The molecule has 1 N–H and O–H groups in total. The number of carboxylic acids is 1. The fourth-order valence-electron chi connectivity index (χ4n) is 2.92. The second-order valence-electron chi connectivity index (χ2n) is 5.89. The van der Waals surface area contributed by atoms with Gasteiger partial charge in [0, 0.05) is 37.1 Å². The molecular weight excluding hydrogens is 342 g/mol. The van der Waals surface area contributed by atoms with Crippen LogP contribution in [0.15, 0.2) is 35.4 Å². The minimum absolute atomic E-state index is 0.236. The summed E-state index contributed by atoms with van der Waals surface area (Å²) in [4.78, 5) is 34.5. The summed E-state index contributed by atoms with van der Waals surface area (Å²) >= 11 is 1.34. The maximum Gasteiger partial charge on any atom is 0.306 e. The molecule has 0 atom stereocenters. The van der Waals surface area contributed by atoms with Crippen molar-refractivity contribution in [2.75, 3.05) is 18.0 Å². The fraction of sp³-hybridized carbons (Fsp3) is 0.312. The number of fused-ring (bicyclic) bond motifs is 1. The topological polar surface area (TPSA) is 101 Å². The van der Waals surface area contributed by atoms with Crippen LogP contribution < -0.4 is 10.5 Å². The smallest absolute Gasteiger partial charge is 0.306 e. The number of nitrogens with zero attached hydrogens (tertiary/aromatic N) is 5. The van der Waals surface area contributed by atoms with Crippen molar-refractivity contribution < 1.29 is 9.90 Å². The lowest BCUT2D eigenvalue weighted by Crippen LogP contribution is -2.36. The first-order chi connectivity index (χ1) is 12.1. The quantitative estimate of drug-likeness (QED) is 0.758. The molecule has 0 unspecified atom stereocenters. The molecule has 0 radical (unpaired) electrons. The standard InChI is InChI=1S/C16H15N5O3S/c22-13-9-12(10-1-5-17-6-2-10)18-15-21(13)19-16(25-15)20-7-3-11(4-8-20)14(23)24/h1-2,5-6,9,11H,3-4,7-8H2,(H,23,24). The predicted octanol–water partition coefficient (Wildman–Crippen LogP) is 1.51. The molecule has 0 saturated carbocycles. The molecule has 128 valence electrons. The van der Waals surface area contributed by atoms with Crippen LogP contribution >= 0.6 is 11.3 Å². The van der Waals surface area contributed by atoms with Crippen LogP contribution in [0.1, 0.15) is 12.8 Å². The summed E-state index contributed by atoms with van der Waals surface area (Å²) in [5.74, 6) is -1.05. The van der Waals surface area contributed by atoms with Crippen LogP contribution in [0, 0.1) is 5.92 Å². The van der Waals surface area contributed by atoms with Crippen LogP contribution in [0.25, 0.3) is 16.2 Å². The lowest BCUT2D eigenvalue weighted by molar-refractivity contribution is -0.142. The van der Waals surface area contributed by atoms with E-state index in [4.69, 9.17) is 5.11 Å². The van der Waals surface area contributed by atoms with Gasteiger partial charge in [-0.25, -0.2) is 4.98 Å². The SMILES string of the molecule is O=C(O)C1CCN(c2nn3c(=O)cc(-c4ccncc4)nc3s2)CC1. The summed E-state index contributed by atoms with van der Waals surface area (Å²) in [7, 11) is 0. The summed E-state index contributed by atoms with van der Waals surface area (Å²) < 4.78 is 1.30. The summed E-state index contributed by atoms with van der Waals surface area (Å²) in [6.07, 6.45) is 4.47. The predicted molar refractivity (Wildman–Crippen MR) is 92.9 cm³/mol. The molecule has 1 aliphatic rings. The van der Waals surface area contributed by atoms with Gasteiger partial charge < -0.3 is 10.0 Å². The van der Waals surface area contributed by atoms with Crippen molar-refractivity contribution in [1.82, 2.24) is 19.6 Å². The highest BCUT2D eigenvalue weighted by molar-refractivity contribution is 7.20. The zero-order chi connectivity index (χ0) is 17.4. The van der Waals surface area contributed by atoms with Crippen LogP contribution in [0.4, 0.5) is 5.13 Å². The number of anilines is 1. The van der Waals surface area contributed by atoms with E-state index in [9.17, 15) is 9.59 Å². The second kappa shape index (κ2) is 6.25. The van der Waals surface area contributed by atoms with Crippen molar-refractivity contribution in [2.45, 2.75) is 12.8 Å². The molecule has 1 saturated heterocycles. The van der Waals surface area contributed by atoms with Crippen LogP contribution in [0.2, 0.25) is 0 Å². The third kappa shape index (κ3) is 2.98. The van der Waals surface area contributed by atoms with Gasteiger partial charge in [-0.15, -0.1) is 5.10 Å². The Bertz CT molecular complexity index is 976. The highest BCUT2D eigenvalue weighted by Gasteiger charge is 2.26. The molecule has 9 heteroatoms. The van der Waals surface area contributed by atoms with E-state index < -0.39 is 5.97 Å². The highest BCUT2D eigenvalue weighted by Crippen LogP contribution is 2.27. The molecule has 0 spiro atoms. The Hall–Kier alpha value is -2.81. The van der Waals surface area contributed by atoms with Crippen LogP contribution in [-0.4, -0.2) is 43.7 Å². The summed E-state index contributed by atoms with van der Waals surface area (Å²) in [6.45, 7) is 1.23. The average molecular weight is 357 g/mol. The molecule has 4 rings (SSSR count). The minimum Gasteiger partial charge on any atom is -0.481 e. The Labute approximate surface area is 146 Å². The number of hydrogen-bond donors (Lipinski definition) is 1. The van der Waals surface area contributed by atoms with Gasteiger partial charge in [-0.1, -0.05) is 11.3 Å². The maximum atomic E-state index is 12.4. The molecule has 3 aromatic heterocycles. The van der Waals surface area contributed by atoms with E-state index in [1.54, 1.807) is 24.5 Å². The molecule has 4 heterocycles. The lowest BCUT2D eigenvalue weighted by atomic mass is 9.98. The Balaban J connectivity index is 1.66. The first-order valence-electron chi connectivity index (χ1n) is 7.91. The summed E-state index contributed by atoms with van der Waals surface area (Å²) in [6, 6.07) is 5.07. The van der Waals surface area contributed by atoms with E-state index in [1.165, 1.54) is 21.9 Å². The Kier molecular flexibility index (Phi) is 3.92. The number of hydrogen-bond acceptors (Lipinski definition) is 7. The van der Waals surface area contributed by atoms with Gasteiger partial charge in [-0.05, 0) is 25.0 Å². The fourth-order valence-corrected chi connectivity index (χ4v) is 3.88. The zero-order valence-electron chi connectivity index (χ0n) is 13.2. The van der Waals surface area contributed by atoms with Crippen LogP contribution in [0.5, 0.6) is 0 Å². The van der Waals surface area contributed by atoms with Crippen molar-refractivity contribution in [1.29, 1.82) is 0 Å². The Morgan fingerprint density at radius 1 is 1.24 bits per heavy atom. The van der Waals surface area contributed by atoms with Gasteiger partial charge in [0.2, 0.25) is 10.1 Å². The molecule has 0 aromatic carbocycles. The van der Waals surface area contributed by atoms with E-state index in [-0.39, 0.29) is 11.5 Å². The van der Waals surface area contributed by atoms with E-state index in [0.717, 1.165) is 5.56 Å². The largest absolute Gasteiger partial charge is 0.481 e. The lowest BCUT2D eigenvalue weighted by Gasteiger charge is -2.29. The van der Waals surface area contributed by atoms with Crippen LogP contribution in [-0.2, 0) is 4.79 Å². The van der Waals surface area contributed by atoms with Crippen molar-refractivity contribution in [2.24, 2.45) is 5.92 Å². The average Bonchev–Trinajstić information content (AvgIpc) is 3.07. The maximum absolute atomic E-state index is 12.4. The molecule has 25 heavy (non-hydrogen) atoms.